The van der Waals surface area contributed by atoms with Crippen molar-refractivity contribution in [2.45, 2.75) is 32.3 Å². The summed E-state index contributed by atoms with van der Waals surface area (Å²) in [7, 11) is -2.99. The number of sulfone groups is 1. The molecule has 1 aromatic rings. The zero-order valence-corrected chi connectivity index (χ0v) is 14.1. The van der Waals surface area contributed by atoms with Crippen LogP contribution in [0.25, 0.3) is 0 Å². The summed E-state index contributed by atoms with van der Waals surface area (Å²) in [5, 5.41) is 10.9. The van der Waals surface area contributed by atoms with E-state index in [9.17, 15) is 13.5 Å². The summed E-state index contributed by atoms with van der Waals surface area (Å²) < 4.78 is 23.7. The Labute approximate surface area is 128 Å². The van der Waals surface area contributed by atoms with Gasteiger partial charge in [-0.05, 0) is 31.9 Å². The molecule has 1 aromatic carbocycles. The predicted molar refractivity (Wildman–Crippen MR) is 82.3 cm³/mol. The zero-order valence-electron chi connectivity index (χ0n) is 11.0. The van der Waals surface area contributed by atoms with Crippen molar-refractivity contribution in [3.8, 4) is 0 Å². The molecule has 0 bridgehead atoms. The SMILES string of the molecule is CCS(=O)(=O)CCCC(C)(O)c1ccc(Br)cc1Cl. The minimum Gasteiger partial charge on any atom is -0.385 e. The van der Waals surface area contributed by atoms with Crippen molar-refractivity contribution in [1.82, 2.24) is 0 Å². The second kappa shape index (κ2) is 6.57. The van der Waals surface area contributed by atoms with Gasteiger partial charge in [0.15, 0.2) is 0 Å². The highest BCUT2D eigenvalue weighted by atomic mass is 79.9. The second-order valence-corrected chi connectivity index (χ2v) is 8.53. The smallest absolute Gasteiger partial charge is 0.150 e. The van der Waals surface area contributed by atoms with Crippen LogP contribution in [0.15, 0.2) is 22.7 Å². The molecule has 0 saturated heterocycles. The van der Waals surface area contributed by atoms with Gasteiger partial charge in [-0.1, -0.05) is 40.5 Å². The van der Waals surface area contributed by atoms with E-state index in [0.29, 0.717) is 23.4 Å². The second-order valence-electron chi connectivity index (χ2n) is 4.74. The first-order valence-electron chi connectivity index (χ1n) is 6.06. The summed E-state index contributed by atoms with van der Waals surface area (Å²) in [6.07, 6.45) is 0.767. The largest absolute Gasteiger partial charge is 0.385 e. The lowest BCUT2D eigenvalue weighted by molar-refractivity contribution is 0.0473. The van der Waals surface area contributed by atoms with E-state index in [0.717, 1.165) is 4.47 Å². The molecular weight excluding hydrogens is 352 g/mol. The lowest BCUT2D eigenvalue weighted by Gasteiger charge is -2.25. The number of hydrogen-bond acceptors (Lipinski definition) is 3. The molecule has 0 heterocycles. The van der Waals surface area contributed by atoms with Gasteiger partial charge in [-0.3, -0.25) is 0 Å². The van der Waals surface area contributed by atoms with Crippen LogP contribution in [0.3, 0.4) is 0 Å². The first-order chi connectivity index (χ1) is 8.68. The van der Waals surface area contributed by atoms with Gasteiger partial charge < -0.3 is 5.11 Å². The Balaban J connectivity index is 2.76. The molecule has 0 saturated carbocycles. The van der Waals surface area contributed by atoms with Gasteiger partial charge in [-0.15, -0.1) is 0 Å². The molecule has 0 aliphatic carbocycles. The van der Waals surface area contributed by atoms with Crippen LogP contribution in [-0.2, 0) is 15.4 Å². The van der Waals surface area contributed by atoms with Crippen molar-refractivity contribution in [2.75, 3.05) is 11.5 Å². The summed E-state index contributed by atoms with van der Waals surface area (Å²) in [5.41, 5.74) is -0.507. The third kappa shape index (κ3) is 5.06. The predicted octanol–water partition coefficient (Wildman–Crippen LogP) is 3.52. The molecule has 1 N–H and O–H groups in total. The van der Waals surface area contributed by atoms with E-state index in [-0.39, 0.29) is 11.5 Å². The number of hydrogen-bond donors (Lipinski definition) is 1. The van der Waals surface area contributed by atoms with Gasteiger partial charge >= 0.3 is 0 Å². The molecule has 19 heavy (non-hydrogen) atoms. The molecule has 1 rings (SSSR count). The molecule has 0 spiro atoms. The number of benzene rings is 1. The average molecular weight is 370 g/mol. The van der Waals surface area contributed by atoms with Gasteiger partial charge in [-0.2, -0.15) is 0 Å². The Hall–Kier alpha value is -0.100. The fourth-order valence-corrected chi connectivity index (χ4v) is 3.59. The van der Waals surface area contributed by atoms with Crippen LogP contribution in [-0.4, -0.2) is 25.0 Å². The van der Waals surface area contributed by atoms with Crippen molar-refractivity contribution in [3.63, 3.8) is 0 Å². The highest BCUT2D eigenvalue weighted by Gasteiger charge is 2.26. The molecule has 3 nitrogen and oxygen atoms in total. The van der Waals surface area contributed by atoms with Gasteiger partial charge in [0.1, 0.15) is 9.84 Å². The fourth-order valence-electron chi connectivity index (χ4n) is 1.84. The van der Waals surface area contributed by atoms with Crippen molar-refractivity contribution in [1.29, 1.82) is 0 Å². The van der Waals surface area contributed by atoms with E-state index in [4.69, 9.17) is 11.6 Å². The van der Waals surface area contributed by atoms with E-state index >= 15 is 0 Å². The lowest BCUT2D eigenvalue weighted by Crippen LogP contribution is -2.23. The van der Waals surface area contributed by atoms with E-state index in [2.05, 4.69) is 15.9 Å². The molecule has 6 heteroatoms. The number of halogens is 2. The van der Waals surface area contributed by atoms with E-state index in [1.807, 2.05) is 0 Å². The van der Waals surface area contributed by atoms with E-state index < -0.39 is 15.4 Å². The van der Waals surface area contributed by atoms with Crippen molar-refractivity contribution < 1.29 is 13.5 Å². The van der Waals surface area contributed by atoms with Crippen molar-refractivity contribution in [3.05, 3.63) is 33.3 Å². The Morgan fingerprint density at radius 2 is 2.05 bits per heavy atom. The molecule has 1 atom stereocenters. The minimum atomic E-state index is -2.99. The van der Waals surface area contributed by atoms with Crippen LogP contribution in [0.1, 0.15) is 32.3 Å². The Morgan fingerprint density at radius 1 is 1.42 bits per heavy atom. The van der Waals surface area contributed by atoms with Crippen LogP contribution in [0.5, 0.6) is 0 Å². The highest BCUT2D eigenvalue weighted by molar-refractivity contribution is 9.10. The molecule has 1 unspecified atom stereocenters. The first kappa shape index (κ1) is 17.0. The molecular formula is C13H18BrClO3S. The molecule has 0 aliphatic heterocycles. The molecule has 0 amide bonds. The third-order valence-electron chi connectivity index (χ3n) is 3.07. The lowest BCUT2D eigenvalue weighted by atomic mass is 9.91. The maximum Gasteiger partial charge on any atom is 0.150 e. The van der Waals surface area contributed by atoms with Crippen molar-refractivity contribution in [2.24, 2.45) is 0 Å². The summed E-state index contributed by atoms with van der Waals surface area (Å²) in [6, 6.07) is 5.27. The van der Waals surface area contributed by atoms with Gasteiger partial charge in [0, 0.05) is 20.8 Å². The minimum absolute atomic E-state index is 0.0911. The van der Waals surface area contributed by atoms with E-state index in [1.54, 1.807) is 32.0 Å². The van der Waals surface area contributed by atoms with E-state index in [1.165, 1.54) is 0 Å². The number of aliphatic hydroxyl groups is 1. The summed E-state index contributed by atoms with van der Waals surface area (Å²) >= 11 is 9.41. The van der Waals surface area contributed by atoms with Crippen LogP contribution >= 0.6 is 27.5 Å². The van der Waals surface area contributed by atoms with Gasteiger partial charge in [0.25, 0.3) is 0 Å². The molecule has 0 radical (unpaired) electrons. The zero-order chi connectivity index (χ0) is 14.7. The first-order valence-corrected chi connectivity index (χ1v) is 9.05. The third-order valence-corrected chi connectivity index (χ3v) is 5.67. The number of rotatable bonds is 6. The maximum absolute atomic E-state index is 11.4. The topological polar surface area (TPSA) is 54.4 Å². The maximum atomic E-state index is 11.4. The van der Waals surface area contributed by atoms with Gasteiger partial charge in [0.05, 0.1) is 11.4 Å². The molecule has 0 fully saturated rings. The van der Waals surface area contributed by atoms with Crippen LogP contribution < -0.4 is 0 Å². The summed E-state index contributed by atoms with van der Waals surface area (Å²) in [4.78, 5) is 0. The van der Waals surface area contributed by atoms with Crippen LogP contribution in [0.4, 0.5) is 0 Å². The monoisotopic (exact) mass is 368 g/mol. The Morgan fingerprint density at radius 3 is 2.58 bits per heavy atom. The quantitative estimate of drug-likeness (QED) is 0.834. The Kier molecular flexibility index (Phi) is 5.86. The highest BCUT2D eigenvalue weighted by Crippen LogP contribution is 2.33. The summed E-state index contributed by atoms with van der Waals surface area (Å²) in [5.74, 6) is 0.224. The molecule has 0 aromatic heterocycles. The normalized spacial score (nSPS) is 15.2. The van der Waals surface area contributed by atoms with Gasteiger partial charge in [-0.25, -0.2) is 8.42 Å². The van der Waals surface area contributed by atoms with Crippen molar-refractivity contribution >= 4 is 37.4 Å². The average Bonchev–Trinajstić information content (AvgIpc) is 2.27. The molecule has 0 aliphatic rings. The van der Waals surface area contributed by atoms with Crippen LogP contribution in [0, 0.1) is 0 Å². The molecule has 108 valence electrons. The Bertz CT molecular complexity index is 541. The summed E-state index contributed by atoms with van der Waals surface area (Å²) in [6.45, 7) is 3.28. The standard InChI is InChI=1S/C13H18BrClO3S/c1-3-19(17,18)8-4-7-13(2,16)11-6-5-10(14)9-12(11)15/h5-6,9,16H,3-4,7-8H2,1-2H3. The van der Waals surface area contributed by atoms with Crippen LogP contribution in [0.2, 0.25) is 5.02 Å². The van der Waals surface area contributed by atoms with Gasteiger partial charge in [0.2, 0.25) is 0 Å². The fraction of sp³-hybridized carbons (Fsp3) is 0.538.